The van der Waals surface area contributed by atoms with Crippen LogP contribution in [0.25, 0.3) is 0 Å². The second kappa shape index (κ2) is 11.8. The number of guanidine groups is 1. The Morgan fingerprint density at radius 3 is 2.68 bits per heavy atom. The molecular weight excluding hydrogens is 429 g/mol. The Balaban J connectivity index is 0.00000312. The van der Waals surface area contributed by atoms with Crippen LogP contribution in [0.2, 0.25) is 0 Å². The highest BCUT2D eigenvalue weighted by molar-refractivity contribution is 14.0. The van der Waals surface area contributed by atoms with Crippen LogP contribution < -0.4 is 10.6 Å². The molecule has 0 fully saturated rings. The summed E-state index contributed by atoms with van der Waals surface area (Å²) in [5.41, 5.74) is 3.33. The zero-order chi connectivity index (χ0) is 17.2. The van der Waals surface area contributed by atoms with Gasteiger partial charge in [-0.3, -0.25) is 4.98 Å². The molecule has 0 aliphatic rings. The summed E-state index contributed by atoms with van der Waals surface area (Å²) < 4.78 is 5.40. The maximum absolute atomic E-state index is 5.40. The average Bonchev–Trinajstić information content (AvgIpc) is 3.02. The molecule has 0 saturated carbocycles. The molecule has 0 atom stereocenters. The summed E-state index contributed by atoms with van der Waals surface area (Å²) in [7, 11) is 0. The van der Waals surface area contributed by atoms with Gasteiger partial charge in [-0.05, 0) is 31.4 Å². The van der Waals surface area contributed by atoms with Crippen LogP contribution in [0.4, 0.5) is 0 Å². The van der Waals surface area contributed by atoms with Gasteiger partial charge in [0.15, 0.2) is 5.96 Å². The zero-order valence-corrected chi connectivity index (χ0v) is 17.5. The first-order valence-corrected chi connectivity index (χ1v) is 8.65. The molecule has 7 heteroatoms. The van der Waals surface area contributed by atoms with E-state index in [0.717, 1.165) is 55.3 Å². The van der Waals surface area contributed by atoms with Crippen LogP contribution >= 0.6 is 24.0 Å². The van der Waals surface area contributed by atoms with E-state index in [0.29, 0.717) is 6.54 Å². The molecule has 0 aliphatic heterocycles. The second-order valence-corrected chi connectivity index (χ2v) is 5.47. The smallest absolute Gasteiger partial charge is 0.191 e. The van der Waals surface area contributed by atoms with E-state index >= 15 is 0 Å². The molecule has 0 radical (unpaired) electrons. The molecule has 0 bridgehead atoms. The quantitative estimate of drug-likeness (QED) is 0.362. The molecule has 2 heterocycles. The van der Waals surface area contributed by atoms with E-state index in [1.165, 1.54) is 5.56 Å². The normalized spacial score (nSPS) is 11.1. The van der Waals surface area contributed by atoms with Crippen LogP contribution in [-0.2, 0) is 25.8 Å². The number of aliphatic imine (C=N–C) groups is 1. The average molecular weight is 457 g/mol. The van der Waals surface area contributed by atoms with Gasteiger partial charge in [-0.2, -0.15) is 0 Å². The second-order valence-electron chi connectivity index (χ2n) is 5.47. The number of nitrogens with one attached hydrogen (secondary N) is 2. The van der Waals surface area contributed by atoms with Crippen LogP contribution in [0.5, 0.6) is 0 Å². The maximum atomic E-state index is 5.40. The van der Waals surface area contributed by atoms with Crippen LogP contribution in [0.3, 0.4) is 0 Å². The zero-order valence-electron chi connectivity index (χ0n) is 15.2. The van der Waals surface area contributed by atoms with Gasteiger partial charge < -0.3 is 15.2 Å². The van der Waals surface area contributed by atoms with E-state index in [4.69, 9.17) is 4.52 Å². The third kappa shape index (κ3) is 6.64. The lowest BCUT2D eigenvalue weighted by Crippen LogP contribution is -2.38. The molecule has 0 unspecified atom stereocenters. The standard InChI is InChI=1S/C18H27N5O.HI/c1-4-16-15(17(5-2)24-23-16)13-22-18(20-6-3)21-11-9-14-8-7-10-19-12-14;/h7-8,10,12H,4-6,9,11,13H2,1-3H3,(H2,20,21,22);1H. The lowest BCUT2D eigenvalue weighted by atomic mass is 10.1. The molecule has 2 rings (SSSR count). The van der Waals surface area contributed by atoms with Crippen LogP contribution in [0.1, 0.15) is 43.4 Å². The Labute approximate surface area is 166 Å². The van der Waals surface area contributed by atoms with Crippen molar-refractivity contribution in [3.05, 3.63) is 47.1 Å². The van der Waals surface area contributed by atoms with Crippen LogP contribution in [0, 0.1) is 0 Å². The summed E-state index contributed by atoms with van der Waals surface area (Å²) in [6, 6.07) is 4.04. The molecule has 0 aliphatic carbocycles. The number of halogens is 1. The van der Waals surface area contributed by atoms with E-state index in [2.05, 4.69) is 52.6 Å². The highest BCUT2D eigenvalue weighted by Gasteiger charge is 2.12. The summed E-state index contributed by atoms with van der Waals surface area (Å²) >= 11 is 0. The number of nitrogens with zero attached hydrogens (tertiary/aromatic N) is 3. The van der Waals surface area contributed by atoms with E-state index < -0.39 is 0 Å². The summed E-state index contributed by atoms with van der Waals surface area (Å²) in [6.45, 7) is 8.43. The fourth-order valence-corrected chi connectivity index (χ4v) is 2.49. The van der Waals surface area contributed by atoms with Crippen molar-refractivity contribution >= 4 is 29.9 Å². The number of rotatable bonds is 8. The van der Waals surface area contributed by atoms with Crippen LogP contribution in [0.15, 0.2) is 34.0 Å². The van der Waals surface area contributed by atoms with Crippen molar-refractivity contribution in [1.82, 2.24) is 20.8 Å². The van der Waals surface area contributed by atoms with Crippen molar-refractivity contribution in [3.8, 4) is 0 Å². The third-order valence-corrected chi connectivity index (χ3v) is 3.78. The first-order valence-electron chi connectivity index (χ1n) is 8.65. The molecule has 6 nitrogen and oxygen atoms in total. The topological polar surface area (TPSA) is 75.3 Å². The van der Waals surface area contributed by atoms with E-state index in [1.807, 2.05) is 12.3 Å². The van der Waals surface area contributed by atoms with E-state index in [-0.39, 0.29) is 24.0 Å². The Kier molecular flexibility index (Phi) is 10.1. The Morgan fingerprint density at radius 1 is 1.20 bits per heavy atom. The van der Waals surface area contributed by atoms with Gasteiger partial charge >= 0.3 is 0 Å². The number of hydrogen-bond acceptors (Lipinski definition) is 4. The molecular formula is C18H28IN5O. The van der Waals surface area contributed by atoms with Gasteiger partial charge in [-0.1, -0.05) is 25.1 Å². The van der Waals surface area contributed by atoms with Gasteiger partial charge in [-0.25, -0.2) is 4.99 Å². The van der Waals surface area contributed by atoms with Crippen LogP contribution in [-0.4, -0.2) is 29.2 Å². The molecule has 0 amide bonds. The molecule has 2 N–H and O–H groups in total. The SMILES string of the molecule is CCNC(=NCc1c(CC)noc1CC)NCCc1cccnc1.I. The summed E-state index contributed by atoms with van der Waals surface area (Å²) in [4.78, 5) is 8.82. The third-order valence-electron chi connectivity index (χ3n) is 3.78. The number of pyridine rings is 1. The fraction of sp³-hybridized carbons (Fsp3) is 0.500. The number of hydrogen-bond donors (Lipinski definition) is 2. The minimum Gasteiger partial charge on any atom is -0.361 e. The summed E-state index contributed by atoms with van der Waals surface area (Å²) in [6.07, 6.45) is 6.29. The fourth-order valence-electron chi connectivity index (χ4n) is 2.49. The van der Waals surface area contributed by atoms with Gasteiger partial charge in [0.2, 0.25) is 0 Å². The molecule has 138 valence electrons. The maximum Gasteiger partial charge on any atom is 0.191 e. The molecule has 0 saturated heterocycles. The highest BCUT2D eigenvalue weighted by Crippen LogP contribution is 2.16. The van der Waals surface area contributed by atoms with Crippen molar-refractivity contribution in [1.29, 1.82) is 0 Å². The van der Waals surface area contributed by atoms with Crippen molar-refractivity contribution in [2.45, 2.75) is 46.6 Å². The van der Waals surface area contributed by atoms with Crippen molar-refractivity contribution in [3.63, 3.8) is 0 Å². The van der Waals surface area contributed by atoms with Gasteiger partial charge in [0, 0.05) is 37.5 Å². The summed E-state index contributed by atoms with van der Waals surface area (Å²) in [5, 5.41) is 10.8. The minimum atomic E-state index is 0. The van der Waals surface area contributed by atoms with Gasteiger partial charge in [0.05, 0.1) is 12.2 Å². The van der Waals surface area contributed by atoms with Gasteiger partial charge in [0.1, 0.15) is 5.76 Å². The minimum absolute atomic E-state index is 0. The van der Waals surface area contributed by atoms with Crippen molar-refractivity contribution < 1.29 is 4.52 Å². The van der Waals surface area contributed by atoms with E-state index in [9.17, 15) is 0 Å². The first-order chi connectivity index (χ1) is 11.8. The highest BCUT2D eigenvalue weighted by atomic mass is 127. The van der Waals surface area contributed by atoms with Crippen molar-refractivity contribution in [2.75, 3.05) is 13.1 Å². The predicted molar refractivity (Wildman–Crippen MR) is 111 cm³/mol. The van der Waals surface area contributed by atoms with Crippen molar-refractivity contribution in [2.24, 2.45) is 4.99 Å². The Morgan fingerprint density at radius 2 is 2.04 bits per heavy atom. The molecule has 0 spiro atoms. The Hall–Kier alpha value is -1.64. The largest absolute Gasteiger partial charge is 0.361 e. The monoisotopic (exact) mass is 457 g/mol. The molecule has 2 aromatic rings. The number of aryl methyl sites for hydroxylation is 2. The molecule has 0 aromatic carbocycles. The molecule has 2 aromatic heterocycles. The summed E-state index contributed by atoms with van der Waals surface area (Å²) in [5.74, 6) is 1.74. The van der Waals surface area contributed by atoms with Gasteiger partial charge in [-0.15, -0.1) is 24.0 Å². The Bertz CT molecular complexity index is 621. The van der Waals surface area contributed by atoms with E-state index in [1.54, 1.807) is 6.20 Å². The van der Waals surface area contributed by atoms with Gasteiger partial charge in [0.25, 0.3) is 0 Å². The predicted octanol–water partition coefficient (Wildman–Crippen LogP) is 3.11. The lowest BCUT2D eigenvalue weighted by molar-refractivity contribution is 0.380. The number of aromatic nitrogens is 2. The first kappa shape index (κ1) is 21.4. The molecule has 25 heavy (non-hydrogen) atoms. The lowest BCUT2D eigenvalue weighted by Gasteiger charge is -2.11.